The van der Waals surface area contributed by atoms with Gasteiger partial charge in [0.15, 0.2) is 0 Å². The van der Waals surface area contributed by atoms with Crippen molar-refractivity contribution in [3.63, 3.8) is 0 Å². The Bertz CT molecular complexity index is 448. The lowest BCUT2D eigenvalue weighted by Crippen LogP contribution is -2.13. The summed E-state index contributed by atoms with van der Waals surface area (Å²) in [4.78, 5) is 0. The Morgan fingerprint density at radius 3 is 1.38 bits per heavy atom. The van der Waals surface area contributed by atoms with Gasteiger partial charge in [-0.25, -0.2) is 0 Å². The van der Waals surface area contributed by atoms with Crippen molar-refractivity contribution >= 4 is 0 Å². The molecule has 2 atom stereocenters. The lowest BCUT2D eigenvalue weighted by atomic mass is 9.98. The van der Waals surface area contributed by atoms with E-state index in [2.05, 4.69) is 48.5 Å². The van der Waals surface area contributed by atoms with Crippen LogP contribution < -0.4 is 0 Å². The fraction of sp³-hybridized carbons (Fsp3) is 0.368. The smallest absolute Gasteiger partial charge is 0.0852 e. The van der Waals surface area contributed by atoms with Crippen molar-refractivity contribution in [2.45, 2.75) is 32.5 Å². The Morgan fingerprint density at radius 1 is 0.667 bits per heavy atom. The second-order valence-electron chi connectivity index (χ2n) is 4.95. The lowest BCUT2D eigenvalue weighted by Gasteiger charge is -2.24. The van der Waals surface area contributed by atoms with Crippen LogP contribution in [-0.2, 0) is 9.47 Å². The summed E-state index contributed by atoms with van der Waals surface area (Å²) in [5.41, 5.74) is 2.42. The van der Waals surface area contributed by atoms with Gasteiger partial charge in [0.2, 0.25) is 0 Å². The van der Waals surface area contributed by atoms with Crippen molar-refractivity contribution in [2.75, 3.05) is 13.2 Å². The van der Waals surface area contributed by atoms with Crippen LogP contribution in [0.2, 0.25) is 0 Å². The van der Waals surface area contributed by atoms with Crippen LogP contribution in [0.25, 0.3) is 0 Å². The van der Waals surface area contributed by atoms with Crippen molar-refractivity contribution in [1.82, 2.24) is 0 Å². The Morgan fingerprint density at radius 2 is 1.05 bits per heavy atom. The number of ether oxygens (including phenoxy) is 2. The minimum absolute atomic E-state index is 0.0629. The Kier molecular flexibility index (Phi) is 6.45. The van der Waals surface area contributed by atoms with Crippen LogP contribution >= 0.6 is 0 Å². The maximum atomic E-state index is 5.95. The molecule has 0 aliphatic heterocycles. The van der Waals surface area contributed by atoms with E-state index in [-0.39, 0.29) is 12.2 Å². The van der Waals surface area contributed by atoms with Crippen LogP contribution in [0.5, 0.6) is 0 Å². The highest BCUT2D eigenvalue weighted by atomic mass is 16.5. The number of rotatable bonds is 8. The van der Waals surface area contributed by atoms with E-state index in [4.69, 9.17) is 9.47 Å². The van der Waals surface area contributed by atoms with Gasteiger partial charge in [-0.1, -0.05) is 60.7 Å². The lowest BCUT2D eigenvalue weighted by molar-refractivity contribution is -0.0126. The predicted molar refractivity (Wildman–Crippen MR) is 86.2 cm³/mol. The van der Waals surface area contributed by atoms with Crippen LogP contribution in [0.15, 0.2) is 60.7 Å². The van der Waals surface area contributed by atoms with Crippen molar-refractivity contribution in [2.24, 2.45) is 0 Å². The first kappa shape index (κ1) is 15.7. The maximum absolute atomic E-state index is 5.95. The summed E-state index contributed by atoms with van der Waals surface area (Å²) in [6.45, 7) is 5.47. The summed E-state index contributed by atoms with van der Waals surface area (Å²) < 4.78 is 11.9. The third-order valence-corrected chi connectivity index (χ3v) is 3.51. The normalized spacial score (nSPS) is 13.8. The van der Waals surface area contributed by atoms with Gasteiger partial charge in [0.25, 0.3) is 0 Å². The average molecular weight is 284 g/mol. The van der Waals surface area contributed by atoms with Gasteiger partial charge >= 0.3 is 0 Å². The summed E-state index contributed by atoms with van der Waals surface area (Å²) in [5, 5.41) is 0. The molecule has 0 aliphatic carbocycles. The van der Waals surface area contributed by atoms with E-state index in [1.54, 1.807) is 0 Å². The van der Waals surface area contributed by atoms with Crippen molar-refractivity contribution in [1.29, 1.82) is 0 Å². The zero-order valence-electron chi connectivity index (χ0n) is 12.9. The second-order valence-corrected chi connectivity index (χ2v) is 4.95. The molecule has 2 aromatic carbocycles. The highest BCUT2D eigenvalue weighted by Crippen LogP contribution is 2.31. The molecule has 0 bridgehead atoms. The minimum Gasteiger partial charge on any atom is -0.374 e. The molecule has 0 spiro atoms. The molecule has 0 amide bonds. The van der Waals surface area contributed by atoms with Gasteiger partial charge in [0, 0.05) is 19.6 Å². The minimum atomic E-state index is 0.0629. The van der Waals surface area contributed by atoms with Crippen LogP contribution in [0.1, 0.15) is 43.6 Å². The predicted octanol–water partition coefficient (Wildman–Crippen LogP) is 4.93. The Balaban J connectivity index is 2.16. The third-order valence-electron chi connectivity index (χ3n) is 3.51. The summed E-state index contributed by atoms with van der Waals surface area (Å²) in [5.74, 6) is 0. The molecule has 0 unspecified atom stereocenters. The van der Waals surface area contributed by atoms with Crippen molar-refractivity contribution < 1.29 is 9.47 Å². The van der Waals surface area contributed by atoms with Gasteiger partial charge < -0.3 is 9.47 Å². The first-order valence-electron chi connectivity index (χ1n) is 7.68. The largest absolute Gasteiger partial charge is 0.374 e. The SMILES string of the molecule is CCO[C@@H](C[C@@H](OCC)c1ccccc1)c1ccccc1. The molecule has 2 rings (SSSR count). The molecule has 0 saturated heterocycles. The van der Waals surface area contributed by atoms with Crippen LogP contribution in [0, 0.1) is 0 Å². The number of benzene rings is 2. The van der Waals surface area contributed by atoms with E-state index in [0.717, 1.165) is 6.42 Å². The summed E-state index contributed by atoms with van der Waals surface area (Å²) in [6, 6.07) is 20.8. The van der Waals surface area contributed by atoms with Gasteiger partial charge in [-0.3, -0.25) is 0 Å². The molecular weight excluding hydrogens is 260 g/mol. The van der Waals surface area contributed by atoms with Crippen molar-refractivity contribution in [3.05, 3.63) is 71.8 Å². The van der Waals surface area contributed by atoms with Crippen LogP contribution in [0.3, 0.4) is 0 Å². The number of hydrogen-bond donors (Lipinski definition) is 0. The van der Waals surface area contributed by atoms with E-state index in [0.29, 0.717) is 13.2 Å². The van der Waals surface area contributed by atoms with E-state index in [1.165, 1.54) is 11.1 Å². The van der Waals surface area contributed by atoms with E-state index in [9.17, 15) is 0 Å². The van der Waals surface area contributed by atoms with Crippen LogP contribution in [-0.4, -0.2) is 13.2 Å². The zero-order chi connectivity index (χ0) is 14.9. The molecule has 2 nitrogen and oxygen atoms in total. The molecule has 0 fully saturated rings. The monoisotopic (exact) mass is 284 g/mol. The molecule has 2 heteroatoms. The average Bonchev–Trinajstić information content (AvgIpc) is 2.55. The molecule has 2 aromatic rings. The maximum Gasteiger partial charge on any atom is 0.0852 e. The molecule has 0 radical (unpaired) electrons. The van der Waals surface area contributed by atoms with Gasteiger partial charge in [-0.15, -0.1) is 0 Å². The fourth-order valence-corrected chi connectivity index (χ4v) is 2.53. The van der Waals surface area contributed by atoms with Gasteiger partial charge in [-0.05, 0) is 25.0 Å². The Labute approximate surface area is 127 Å². The van der Waals surface area contributed by atoms with E-state index < -0.39 is 0 Å². The fourth-order valence-electron chi connectivity index (χ4n) is 2.53. The van der Waals surface area contributed by atoms with E-state index >= 15 is 0 Å². The third kappa shape index (κ3) is 4.69. The second kappa shape index (κ2) is 8.60. The summed E-state index contributed by atoms with van der Waals surface area (Å²) in [7, 11) is 0. The molecule has 0 N–H and O–H groups in total. The molecular formula is C19H24O2. The summed E-state index contributed by atoms with van der Waals surface area (Å²) >= 11 is 0. The van der Waals surface area contributed by atoms with E-state index in [1.807, 2.05) is 26.0 Å². The first-order chi connectivity index (χ1) is 10.3. The molecule has 21 heavy (non-hydrogen) atoms. The van der Waals surface area contributed by atoms with Crippen molar-refractivity contribution in [3.8, 4) is 0 Å². The van der Waals surface area contributed by atoms with Crippen LogP contribution in [0.4, 0.5) is 0 Å². The van der Waals surface area contributed by atoms with Gasteiger partial charge in [0.05, 0.1) is 12.2 Å². The topological polar surface area (TPSA) is 18.5 Å². The van der Waals surface area contributed by atoms with Gasteiger partial charge in [-0.2, -0.15) is 0 Å². The highest BCUT2D eigenvalue weighted by molar-refractivity contribution is 5.21. The molecule has 112 valence electrons. The first-order valence-corrected chi connectivity index (χ1v) is 7.68. The quantitative estimate of drug-likeness (QED) is 0.684. The zero-order valence-corrected chi connectivity index (χ0v) is 12.9. The number of hydrogen-bond acceptors (Lipinski definition) is 2. The molecule has 0 heterocycles. The summed E-state index contributed by atoms with van der Waals surface area (Å²) in [6.07, 6.45) is 0.955. The highest BCUT2D eigenvalue weighted by Gasteiger charge is 2.20. The molecule has 0 saturated carbocycles. The standard InChI is InChI=1S/C19H24O2/c1-3-20-18(16-11-7-5-8-12-16)15-19(21-4-2)17-13-9-6-10-14-17/h5-14,18-19H,3-4,15H2,1-2H3/t18-,19+. The van der Waals surface area contributed by atoms with Gasteiger partial charge in [0.1, 0.15) is 0 Å². The Hall–Kier alpha value is -1.64. The molecule has 0 aliphatic rings. The molecule has 0 aromatic heterocycles.